The normalized spacial score (nSPS) is 10.2. The summed E-state index contributed by atoms with van der Waals surface area (Å²) < 4.78 is 0. The second kappa shape index (κ2) is 7.11. The summed E-state index contributed by atoms with van der Waals surface area (Å²) >= 11 is 5.63. The van der Waals surface area contributed by atoms with E-state index < -0.39 is 42.6 Å². The van der Waals surface area contributed by atoms with Gasteiger partial charge < -0.3 is 5.32 Å². The average molecular weight is 381 g/mol. The molecule has 0 heterocycles. The smallest absolute Gasteiger partial charge is 0.295 e. The molecule has 26 heavy (non-hydrogen) atoms. The van der Waals surface area contributed by atoms with Gasteiger partial charge in [-0.3, -0.25) is 35.1 Å². The van der Waals surface area contributed by atoms with E-state index in [-0.39, 0.29) is 11.4 Å². The Morgan fingerprint density at radius 2 is 1.50 bits per heavy atom. The Kier molecular flexibility index (Phi) is 5.12. The number of hydrogen-bond donors (Lipinski definition) is 1. The minimum absolute atomic E-state index is 0.0875. The number of carbonyl (C=O) groups excluding carboxylic acids is 1. The molecule has 1 amide bonds. The van der Waals surface area contributed by atoms with Crippen LogP contribution in [-0.4, -0.2) is 20.7 Å². The second-order valence-corrected chi connectivity index (χ2v) is 5.43. The summed E-state index contributed by atoms with van der Waals surface area (Å²) in [5.74, 6) is -0.920. The lowest BCUT2D eigenvalue weighted by atomic mass is 10.1. The number of carbonyl (C=O) groups is 1. The zero-order chi connectivity index (χ0) is 19.6. The molecule has 12 heteroatoms. The van der Waals surface area contributed by atoms with E-state index in [1.807, 2.05) is 0 Å². The zero-order valence-electron chi connectivity index (χ0n) is 13.0. The summed E-state index contributed by atoms with van der Waals surface area (Å²) in [6, 6.07) is 5.32. The number of anilines is 1. The highest BCUT2D eigenvalue weighted by atomic mass is 35.5. The molecular formula is C14H9ClN4O7. The highest BCUT2D eigenvalue weighted by molar-refractivity contribution is 6.35. The maximum Gasteiger partial charge on any atom is 0.295 e. The average Bonchev–Trinajstić information content (AvgIpc) is 2.56. The Balaban J connectivity index is 2.48. The van der Waals surface area contributed by atoms with Crippen LogP contribution in [-0.2, 0) is 0 Å². The first-order valence-electron chi connectivity index (χ1n) is 6.80. The Bertz CT molecular complexity index is 925. The van der Waals surface area contributed by atoms with E-state index in [4.69, 9.17) is 11.6 Å². The molecule has 0 aliphatic carbocycles. The van der Waals surface area contributed by atoms with Gasteiger partial charge in [0, 0.05) is 24.3 Å². The van der Waals surface area contributed by atoms with Crippen molar-refractivity contribution in [2.45, 2.75) is 6.92 Å². The number of halogens is 1. The highest BCUT2D eigenvalue weighted by Gasteiger charge is 2.27. The van der Waals surface area contributed by atoms with Crippen LogP contribution in [0, 0.1) is 37.3 Å². The maximum atomic E-state index is 12.3. The lowest BCUT2D eigenvalue weighted by Gasteiger charge is -2.09. The molecule has 11 nitrogen and oxygen atoms in total. The molecule has 0 saturated heterocycles. The minimum Gasteiger partial charge on any atom is -0.321 e. The Morgan fingerprint density at radius 3 is 1.96 bits per heavy atom. The first kappa shape index (κ1) is 18.7. The van der Waals surface area contributed by atoms with E-state index in [2.05, 4.69) is 5.32 Å². The molecule has 1 N–H and O–H groups in total. The van der Waals surface area contributed by atoms with E-state index in [0.29, 0.717) is 5.56 Å². The standard InChI is InChI=1S/C14H9ClN4O7/c1-7-2-3-9(17(21)22)6-10(7)16-14(20)8-4-11(18(23)24)13(15)12(5-8)19(25)26/h2-6H,1H3,(H,16,20). The summed E-state index contributed by atoms with van der Waals surface area (Å²) in [5.41, 5.74) is -1.70. The lowest BCUT2D eigenvalue weighted by molar-refractivity contribution is -0.393. The van der Waals surface area contributed by atoms with E-state index in [0.717, 1.165) is 18.2 Å². The Hall–Kier alpha value is -3.60. The van der Waals surface area contributed by atoms with Gasteiger partial charge in [-0.25, -0.2) is 0 Å². The predicted octanol–water partition coefficient (Wildman–Crippen LogP) is 3.63. The molecular weight excluding hydrogens is 372 g/mol. The number of benzene rings is 2. The van der Waals surface area contributed by atoms with Crippen molar-refractivity contribution < 1.29 is 19.6 Å². The Morgan fingerprint density at radius 1 is 0.962 bits per heavy atom. The number of nitro benzene ring substituents is 3. The van der Waals surface area contributed by atoms with Gasteiger partial charge in [0.15, 0.2) is 5.02 Å². The van der Waals surface area contributed by atoms with E-state index in [9.17, 15) is 35.1 Å². The third-order valence-corrected chi connectivity index (χ3v) is 3.76. The van der Waals surface area contributed by atoms with Crippen LogP contribution in [0.4, 0.5) is 22.7 Å². The molecule has 0 spiro atoms. The van der Waals surface area contributed by atoms with Crippen molar-refractivity contribution in [1.82, 2.24) is 0 Å². The van der Waals surface area contributed by atoms with Crippen LogP contribution in [0.2, 0.25) is 5.02 Å². The van der Waals surface area contributed by atoms with Crippen LogP contribution in [0.25, 0.3) is 0 Å². The van der Waals surface area contributed by atoms with Gasteiger partial charge in [-0.2, -0.15) is 0 Å². The number of amides is 1. The summed E-state index contributed by atoms with van der Waals surface area (Å²) in [5, 5.41) is 34.5. The largest absolute Gasteiger partial charge is 0.321 e. The van der Waals surface area contributed by atoms with Gasteiger partial charge in [-0.05, 0) is 12.5 Å². The van der Waals surface area contributed by atoms with E-state index >= 15 is 0 Å². The van der Waals surface area contributed by atoms with Crippen molar-refractivity contribution in [3.05, 3.63) is 76.8 Å². The monoisotopic (exact) mass is 380 g/mol. The summed E-state index contributed by atoms with van der Waals surface area (Å²) in [7, 11) is 0. The fourth-order valence-corrected chi connectivity index (χ4v) is 2.29. The van der Waals surface area contributed by atoms with Crippen LogP contribution >= 0.6 is 11.6 Å². The summed E-state index contributed by atoms with van der Waals surface area (Å²) in [4.78, 5) is 42.6. The highest BCUT2D eigenvalue weighted by Crippen LogP contribution is 2.35. The minimum atomic E-state index is -0.954. The quantitative estimate of drug-likeness (QED) is 0.612. The van der Waals surface area contributed by atoms with Crippen LogP contribution < -0.4 is 5.32 Å². The van der Waals surface area contributed by atoms with Crippen molar-refractivity contribution in [2.24, 2.45) is 0 Å². The number of hydrogen-bond acceptors (Lipinski definition) is 7. The molecule has 0 unspecified atom stereocenters. The van der Waals surface area contributed by atoms with Gasteiger partial charge in [0.05, 0.1) is 26.0 Å². The zero-order valence-corrected chi connectivity index (χ0v) is 13.7. The van der Waals surface area contributed by atoms with Crippen LogP contribution in [0.5, 0.6) is 0 Å². The molecule has 0 atom stereocenters. The molecule has 0 saturated carbocycles. The third-order valence-electron chi connectivity index (χ3n) is 3.37. The van der Waals surface area contributed by atoms with Gasteiger partial charge >= 0.3 is 0 Å². The first-order valence-corrected chi connectivity index (χ1v) is 7.18. The van der Waals surface area contributed by atoms with Gasteiger partial charge in [-0.15, -0.1) is 0 Å². The molecule has 0 fully saturated rings. The topological polar surface area (TPSA) is 159 Å². The molecule has 0 aromatic heterocycles. The molecule has 2 aromatic rings. The SMILES string of the molecule is Cc1ccc([N+](=O)[O-])cc1NC(=O)c1cc([N+](=O)[O-])c(Cl)c([N+](=O)[O-])c1. The fourth-order valence-electron chi connectivity index (χ4n) is 2.04. The fraction of sp³-hybridized carbons (Fsp3) is 0.0714. The van der Waals surface area contributed by atoms with Crippen molar-refractivity contribution in [1.29, 1.82) is 0 Å². The molecule has 2 aromatic carbocycles. The second-order valence-electron chi connectivity index (χ2n) is 5.05. The molecule has 0 aliphatic heterocycles. The number of nitrogens with one attached hydrogen (secondary N) is 1. The molecule has 2 rings (SSSR count). The molecule has 134 valence electrons. The van der Waals surface area contributed by atoms with Crippen molar-refractivity contribution in [3.63, 3.8) is 0 Å². The van der Waals surface area contributed by atoms with Gasteiger partial charge in [0.25, 0.3) is 23.0 Å². The Labute approximate surface area is 149 Å². The molecule has 0 bridgehead atoms. The van der Waals surface area contributed by atoms with Crippen LogP contribution in [0.1, 0.15) is 15.9 Å². The maximum absolute atomic E-state index is 12.3. The molecule has 0 aliphatic rings. The lowest BCUT2D eigenvalue weighted by Crippen LogP contribution is -2.14. The van der Waals surface area contributed by atoms with E-state index in [1.54, 1.807) is 6.92 Å². The summed E-state index contributed by atoms with van der Waals surface area (Å²) in [6.07, 6.45) is 0. The number of nitrogens with zero attached hydrogens (tertiary/aromatic N) is 3. The van der Waals surface area contributed by atoms with Crippen molar-refractivity contribution >= 4 is 40.3 Å². The van der Waals surface area contributed by atoms with Crippen LogP contribution in [0.3, 0.4) is 0 Å². The van der Waals surface area contributed by atoms with Gasteiger partial charge in [0.2, 0.25) is 0 Å². The number of rotatable bonds is 5. The third kappa shape index (κ3) is 3.72. The number of aryl methyl sites for hydroxylation is 1. The van der Waals surface area contributed by atoms with Gasteiger partial charge in [-0.1, -0.05) is 17.7 Å². The first-order chi connectivity index (χ1) is 12.1. The van der Waals surface area contributed by atoms with Crippen molar-refractivity contribution in [2.75, 3.05) is 5.32 Å². The number of nitro groups is 3. The predicted molar refractivity (Wildman–Crippen MR) is 90.5 cm³/mol. The molecule has 0 radical (unpaired) electrons. The van der Waals surface area contributed by atoms with E-state index in [1.165, 1.54) is 12.1 Å². The van der Waals surface area contributed by atoms with Gasteiger partial charge in [0.1, 0.15) is 0 Å². The van der Waals surface area contributed by atoms with Crippen LogP contribution in [0.15, 0.2) is 30.3 Å². The van der Waals surface area contributed by atoms with Crippen molar-refractivity contribution in [3.8, 4) is 0 Å². The number of non-ortho nitro benzene ring substituents is 1. The summed E-state index contributed by atoms with van der Waals surface area (Å²) in [6.45, 7) is 1.58.